The van der Waals surface area contributed by atoms with Gasteiger partial charge in [-0.1, -0.05) is 27.7 Å². The zero-order valence-electron chi connectivity index (χ0n) is 37.5. The second-order valence-corrected chi connectivity index (χ2v) is 16.8. The van der Waals surface area contributed by atoms with E-state index in [-0.39, 0.29) is 54.5 Å². The Morgan fingerprint density at radius 3 is 2.07 bits per heavy atom. The lowest BCUT2D eigenvalue weighted by Gasteiger charge is -2.35. The first-order valence-electron chi connectivity index (χ1n) is 20.1. The van der Waals surface area contributed by atoms with Gasteiger partial charge >= 0.3 is 30.2 Å². The number of rotatable bonds is 10. The maximum Gasteiger partial charge on any atom is 0.514 e. The molecule has 17 nitrogen and oxygen atoms in total. The molecule has 1 aromatic carbocycles. The average molecular weight is 853 g/mol. The van der Waals surface area contributed by atoms with Crippen LogP contribution in [0.1, 0.15) is 119 Å². The molecule has 3 aromatic rings. The topological polar surface area (TPSA) is 220 Å². The van der Waals surface area contributed by atoms with Gasteiger partial charge in [-0.2, -0.15) is 0 Å². The van der Waals surface area contributed by atoms with Crippen LogP contribution in [-0.2, 0) is 63.2 Å². The van der Waals surface area contributed by atoms with E-state index in [1.807, 2.05) is 41.5 Å². The standard InChI is InChI=1S/C34H39N3O10.C8H15NO3.C2H6/c1-9-19-20-13-18(44-31(42)47-33(6,7)8)11-12-24(20)36-27-21(19)16-37-25(27)14-23-22(28(37)39)17-43-29(40)34(23,10-2)45-26(38)15-35-30(41)46-32(3,4)5;1-6(9-5-7(10)11)12-8(2,3)4;1-2/h11-14H,9-10,15-17H2,1-8H3,(H,35,41);9H,1,5H2,2-4H3,(H,10,11);1-2H3/t34-;;/m0../s1. The van der Waals surface area contributed by atoms with Crippen LogP contribution in [0.4, 0.5) is 9.59 Å². The van der Waals surface area contributed by atoms with Gasteiger partial charge in [0, 0.05) is 16.5 Å². The number of carbonyl (C=O) groups is 5. The van der Waals surface area contributed by atoms with Gasteiger partial charge in [-0.3, -0.25) is 14.4 Å². The van der Waals surface area contributed by atoms with E-state index in [0.29, 0.717) is 23.3 Å². The molecule has 1 atom stereocenters. The molecule has 0 radical (unpaired) electrons. The first-order valence-corrected chi connectivity index (χ1v) is 20.1. The summed E-state index contributed by atoms with van der Waals surface area (Å²) in [4.78, 5) is 79.7. The molecule has 1 amide bonds. The van der Waals surface area contributed by atoms with Crippen molar-refractivity contribution in [3.63, 3.8) is 0 Å². The van der Waals surface area contributed by atoms with E-state index >= 15 is 0 Å². The number of alkyl carbamates (subject to hydrolysis) is 1. The highest BCUT2D eigenvalue weighted by Crippen LogP contribution is 2.42. The van der Waals surface area contributed by atoms with Crippen LogP contribution in [0.2, 0.25) is 0 Å². The zero-order valence-corrected chi connectivity index (χ0v) is 37.5. The van der Waals surface area contributed by atoms with Gasteiger partial charge in [-0.05, 0) is 112 Å². The van der Waals surface area contributed by atoms with Crippen molar-refractivity contribution in [3.8, 4) is 17.1 Å². The second-order valence-electron chi connectivity index (χ2n) is 16.8. The van der Waals surface area contributed by atoms with Gasteiger partial charge in [0.2, 0.25) is 5.60 Å². The summed E-state index contributed by atoms with van der Waals surface area (Å²) < 4.78 is 33.8. The van der Waals surface area contributed by atoms with E-state index in [1.54, 1.807) is 77.3 Å². The monoisotopic (exact) mass is 852 g/mol. The molecule has 0 aliphatic carbocycles. The molecule has 5 rings (SSSR count). The van der Waals surface area contributed by atoms with Crippen molar-refractivity contribution < 1.29 is 57.5 Å². The number of nitrogens with zero attached hydrogens (tertiary/aromatic N) is 2. The van der Waals surface area contributed by atoms with Gasteiger partial charge in [0.15, 0.2) is 5.88 Å². The van der Waals surface area contributed by atoms with Crippen molar-refractivity contribution in [2.45, 2.75) is 138 Å². The highest BCUT2D eigenvalue weighted by Gasteiger charge is 2.50. The molecule has 0 unspecified atom stereocenters. The SMILES string of the molecule is C=C(NCC(=O)O)OC(C)(C)C.CC.CCc1c2c(nc3ccc(OC(=O)OC(C)(C)C)cc13)-c1cc3c(c(=O)n1C2)COC(=O)[C@@]3(CC)OC(=O)CNC(=O)OC(C)(C)C. The molecule has 334 valence electrons. The summed E-state index contributed by atoms with van der Waals surface area (Å²) in [7, 11) is 0. The number of esters is 2. The summed E-state index contributed by atoms with van der Waals surface area (Å²) in [6.45, 7) is 26.2. The van der Waals surface area contributed by atoms with Crippen LogP contribution in [0, 0.1) is 0 Å². The Hall–Kier alpha value is -6.13. The first-order chi connectivity index (χ1) is 28.3. The predicted octanol–water partition coefficient (Wildman–Crippen LogP) is 7.00. The van der Waals surface area contributed by atoms with E-state index in [9.17, 15) is 28.8 Å². The maximum absolute atomic E-state index is 14.0. The minimum atomic E-state index is -1.92. The smallest absolute Gasteiger partial charge is 0.480 e. The lowest BCUT2D eigenvalue weighted by molar-refractivity contribution is -0.188. The fraction of sp³-hybridized carbons (Fsp3) is 0.523. The molecule has 2 aliphatic heterocycles. The second kappa shape index (κ2) is 19.5. The molecule has 0 fully saturated rings. The van der Waals surface area contributed by atoms with E-state index in [0.717, 1.165) is 16.5 Å². The molecule has 61 heavy (non-hydrogen) atoms. The van der Waals surface area contributed by atoms with Crippen molar-refractivity contribution in [1.82, 2.24) is 20.2 Å². The number of aromatic nitrogens is 2. The number of nitrogens with one attached hydrogen (secondary N) is 2. The average Bonchev–Trinajstić information content (AvgIpc) is 3.50. The molecule has 4 heterocycles. The van der Waals surface area contributed by atoms with Crippen molar-refractivity contribution in [3.05, 3.63) is 69.3 Å². The summed E-state index contributed by atoms with van der Waals surface area (Å²) in [5, 5.41) is 13.9. The lowest BCUT2D eigenvalue weighted by Crippen LogP contribution is -2.49. The van der Waals surface area contributed by atoms with E-state index < -0.39 is 59.1 Å². The molecule has 0 saturated heterocycles. The summed E-state index contributed by atoms with van der Waals surface area (Å²) in [5.41, 5.74) is -0.421. The number of ether oxygens (including phenoxy) is 6. The quantitative estimate of drug-likeness (QED) is 0.0633. The van der Waals surface area contributed by atoms with Gasteiger partial charge < -0.3 is 48.7 Å². The van der Waals surface area contributed by atoms with Gasteiger partial charge in [0.05, 0.1) is 29.0 Å². The number of cyclic esters (lactones) is 1. The van der Waals surface area contributed by atoms with Crippen LogP contribution in [-0.4, -0.2) is 74.7 Å². The van der Waals surface area contributed by atoms with Crippen LogP contribution >= 0.6 is 0 Å². The minimum absolute atomic E-state index is 0.0292. The molecule has 2 aromatic heterocycles. The van der Waals surface area contributed by atoms with Gasteiger partial charge in [0.25, 0.3) is 5.56 Å². The number of hydrogen-bond donors (Lipinski definition) is 3. The van der Waals surface area contributed by atoms with Gasteiger partial charge in [-0.15, -0.1) is 0 Å². The number of amides is 1. The Morgan fingerprint density at radius 2 is 1.51 bits per heavy atom. The lowest BCUT2D eigenvalue weighted by atomic mass is 9.85. The molecule has 0 saturated carbocycles. The van der Waals surface area contributed by atoms with Crippen LogP contribution in [0.15, 0.2) is 41.5 Å². The molecular formula is C44H60N4O13. The van der Waals surface area contributed by atoms with Crippen LogP contribution in [0.25, 0.3) is 22.3 Å². The number of hydrogen-bond acceptors (Lipinski definition) is 14. The molecule has 3 N–H and O–H groups in total. The number of carboxylic acids is 1. The van der Waals surface area contributed by atoms with Crippen LogP contribution in [0.5, 0.6) is 5.75 Å². The Kier molecular flexibility index (Phi) is 15.7. The Morgan fingerprint density at radius 1 is 0.885 bits per heavy atom. The van der Waals surface area contributed by atoms with E-state index in [2.05, 4.69) is 17.2 Å². The third-order valence-electron chi connectivity index (χ3n) is 8.62. The normalized spacial score (nSPS) is 15.1. The number of aryl methyl sites for hydroxylation is 1. The summed E-state index contributed by atoms with van der Waals surface area (Å²) >= 11 is 0. The first kappa shape index (κ1) is 49.2. The van der Waals surface area contributed by atoms with Crippen LogP contribution < -0.4 is 20.9 Å². The largest absolute Gasteiger partial charge is 0.514 e. The molecule has 17 heteroatoms. The fourth-order valence-corrected chi connectivity index (χ4v) is 6.40. The highest BCUT2D eigenvalue weighted by atomic mass is 16.7. The van der Waals surface area contributed by atoms with Gasteiger partial charge in [-0.25, -0.2) is 19.4 Å². The van der Waals surface area contributed by atoms with E-state index in [4.69, 9.17) is 38.5 Å². The Bertz CT molecular complexity index is 2230. The number of carboxylic acid groups (broad SMARTS) is 1. The Balaban J connectivity index is 0.000000612. The molecular weight excluding hydrogens is 792 g/mol. The third kappa shape index (κ3) is 12.7. The number of aliphatic carboxylic acids is 1. The Labute approximate surface area is 356 Å². The van der Waals surface area contributed by atoms with Gasteiger partial charge in [0.1, 0.15) is 42.2 Å². The predicted molar refractivity (Wildman–Crippen MR) is 226 cm³/mol. The summed E-state index contributed by atoms with van der Waals surface area (Å²) in [5.74, 6) is -2.10. The van der Waals surface area contributed by atoms with Crippen molar-refractivity contribution >= 4 is 41.1 Å². The van der Waals surface area contributed by atoms with Crippen LogP contribution in [0.3, 0.4) is 0 Å². The van der Waals surface area contributed by atoms with Crippen molar-refractivity contribution in [2.24, 2.45) is 0 Å². The summed E-state index contributed by atoms with van der Waals surface area (Å²) in [6, 6.07) is 6.73. The van der Waals surface area contributed by atoms with Crippen molar-refractivity contribution in [2.75, 3.05) is 13.1 Å². The van der Waals surface area contributed by atoms with E-state index in [1.165, 1.54) is 0 Å². The number of pyridine rings is 2. The zero-order chi connectivity index (χ0) is 46.2. The summed E-state index contributed by atoms with van der Waals surface area (Å²) in [6.07, 6.45) is -1.10. The minimum Gasteiger partial charge on any atom is -0.480 e. The number of carbonyl (C=O) groups excluding carboxylic acids is 4. The highest BCUT2D eigenvalue weighted by molar-refractivity contribution is 5.91. The molecule has 0 bridgehead atoms. The van der Waals surface area contributed by atoms with Crippen molar-refractivity contribution in [1.29, 1.82) is 0 Å². The number of fused-ring (bicyclic) bond motifs is 5. The third-order valence-corrected chi connectivity index (χ3v) is 8.62. The molecule has 2 aliphatic rings. The number of benzene rings is 1. The molecule has 0 spiro atoms. The maximum atomic E-state index is 14.0. The fourth-order valence-electron chi connectivity index (χ4n) is 6.40.